The van der Waals surface area contributed by atoms with Gasteiger partial charge in [-0.1, -0.05) is 35.9 Å². The summed E-state index contributed by atoms with van der Waals surface area (Å²) >= 11 is 3.49. The third-order valence-electron chi connectivity index (χ3n) is 7.31. The van der Waals surface area contributed by atoms with Gasteiger partial charge in [-0.05, 0) is 60.3 Å². The molecule has 6 rings (SSSR count). The summed E-state index contributed by atoms with van der Waals surface area (Å²) in [5, 5.41) is 0. The van der Waals surface area contributed by atoms with Gasteiger partial charge < -0.3 is 4.74 Å². The number of fused-ring (bicyclic) bond motifs is 2. The predicted octanol–water partition coefficient (Wildman–Crippen LogP) is 4.60. The van der Waals surface area contributed by atoms with Gasteiger partial charge in [-0.25, -0.2) is 0 Å². The standard InChI is InChI=1S/C24H17BrO4/c1-11-7-8-13-15(9-11)20(27)22(3)10-16-18(25)19(26)14-6-4-5-12(2)17(14)23(16)24(22,29-23)21(13)28/h4-9H,10H2,1-3H3/t22-,23+,24+/m0/s1. The van der Waals surface area contributed by atoms with Crippen molar-refractivity contribution in [3.63, 3.8) is 0 Å². The fourth-order valence-corrected chi connectivity index (χ4v) is 6.63. The van der Waals surface area contributed by atoms with Gasteiger partial charge in [0, 0.05) is 22.3 Å². The zero-order valence-electron chi connectivity index (χ0n) is 16.2. The predicted molar refractivity (Wildman–Crippen MR) is 110 cm³/mol. The fraction of sp³-hybridized carbons (Fsp3) is 0.292. The number of rotatable bonds is 0. The van der Waals surface area contributed by atoms with Crippen LogP contribution >= 0.6 is 15.9 Å². The molecule has 4 nitrogen and oxygen atoms in total. The lowest BCUT2D eigenvalue weighted by atomic mass is 9.62. The zero-order chi connectivity index (χ0) is 20.5. The molecule has 0 unspecified atom stereocenters. The smallest absolute Gasteiger partial charge is 0.200 e. The summed E-state index contributed by atoms with van der Waals surface area (Å²) in [5.41, 5.74) is 1.30. The first-order chi connectivity index (χ1) is 13.7. The second-order valence-corrected chi connectivity index (χ2v) is 9.59. The zero-order valence-corrected chi connectivity index (χ0v) is 17.8. The van der Waals surface area contributed by atoms with Crippen molar-refractivity contribution in [2.75, 3.05) is 0 Å². The van der Waals surface area contributed by atoms with Crippen molar-refractivity contribution in [1.29, 1.82) is 0 Å². The Morgan fingerprint density at radius 3 is 2.48 bits per heavy atom. The highest BCUT2D eigenvalue weighted by Gasteiger charge is 2.91. The maximum Gasteiger partial charge on any atom is 0.200 e. The van der Waals surface area contributed by atoms with Gasteiger partial charge in [-0.3, -0.25) is 14.4 Å². The molecular weight excluding hydrogens is 432 g/mol. The molecule has 5 heteroatoms. The molecule has 144 valence electrons. The number of aryl methyl sites for hydroxylation is 2. The normalized spacial score (nSPS) is 33.7. The van der Waals surface area contributed by atoms with E-state index in [1.165, 1.54) is 0 Å². The second-order valence-electron chi connectivity index (χ2n) is 8.80. The quantitative estimate of drug-likeness (QED) is 0.552. The number of hydrogen-bond donors (Lipinski definition) is 0. The summed E-state index contributed by atoms with van der Waals surface area (Å²) in [7, 11) is 0. The van der Waals surface area contributed by atoms with Crippen LogP contribution in [0.3, 0.4) is 0 Å². The first-order valence-corrected chi connectivity index (χ1v) is 10.4. The molecule has 2 fully saturated rings. The molecule has 3 atom stereocenters. The average molecular weight is 449 g/mol. The Bertz CT molecular complexity index is 1270. The summed E-state index contributed by atoms with van der Waals surface area (Å²) in [6, 6.07) is 10.9. The molecule has 4 aliphatic rings. The van der Waals surface area contributed by atoms with Gasteiger partial charge in [0.25, 0.3) is 0 Å². The molecule has 2 aromatic carbocycles. The van der Waals surface area contributed by atoms with Crippen molar-refractivity contribution in [3.8, 4) is 0 Å². The minimum atomic E-state index is -1.30. The van der Waals surface area contributed by atoms with E-state index in [-0.39, 0.29) is 17.3 Å². The van der Waals surface area contributed by atoms with Crippen LogP contribution in [0.5, 0.6) is 0 Å². The Morgan fingerprint density at radius 2 is 1.72 bits per heavy atom. The van der Waals surface area contributed by atoms with Crippen LogP contribution in [0.2, 0.25) is 0 Å². The van der Waals surface area contributed by atoms with E-state index in [4.69, 9.17) is 4.74 Å². The van der Waals surface area contributed by atoms with E-state index in [2.05, 4.69) is 15.9 Å². The Hall–Kier alpha value is -2.37. The van der Waals surface area contributed by atoms with Crippen molar-refractivity contribution in [2.24, 2.45) is 5.41 Å². The van der Waals surface area contributed by atoms with Gasteiger partial charge >= 0.3 is 0 Å². The van der Waals surface area contributed by atoms with Gasteiger partial charge in [0.05, 0.1) is 9.90 Å². The topological polar surface area (TPSA) is 63.7 Å². The number of carbonyl (C=O) groups excluding carboxylic acids is 3. The van der Waals surface area contributed by atoms with Gasteiger partial charge in [-0.2, -0.15) is 0 Å². The summed E-state index contributed by atoms with van der Waals surface area (Å²) < 4.78 is 6.84. The van der Waals surface area contributed by atoms with E-state index in [9.17, 15) is 14.4 Å². The van der Waals surface area contributed by atoms with Crippen LogP contribution in [0.25, 0.3) is 0 Å². The van der Waals surface area contributed by atoms with Gasteiger partial charge in [0.1, 0.15) is 0 Å². The van der Waals surface area contributed by atoms with E-state index in [1.54, 1.807) is 18.2 Å². The van der Waals surface area contributed by atoms with Crippen LogP contribution in [0.4, 0.5) is 0 Å². The number of benzene rings is 2. The molecule has 2 spiro atoms. The highest BCUT2D eigenvalue weighted by atomic mass is 79.9. The molecule has 0 aromatic heterocycles. The second kappa shape index (κ2) is 4.85. The Morgan fingerprint density at radius 1 is 0.966 bits per heavy atom. The molecule has 1 saturated heterocycles. The number of hydrogen-bond acceptors (Lipinski definition) is 4. The average Bonchev–Trinajstić information content (AvgIpc) is 3.33. The number of epoxide rings is 1. The van der Waals surface area contributed by atoms with Crippen molar-refractivity contribution >= 4 is 33.3 Å². The van der Waals surface area contributed by atoms with E-state index >= 15 is 0 Å². The molecule has 0 amide bonds. The van der Waals surface area contributed by atoms with Crippen molar-refractivity contribution in [3.05, 3.63) is 79.8 Å². The van der Waals surface area contributed by atoms with Crippen LogP contribution in [-0.2, 0) is 10.3 Å². The van der Waals surface area contributed by atoms with Crippen molar-refractivity contribution < 1.29 is 19.1 Å². The minimum Gasteiger partial charge on any atom is -0.343 e. The van der Waals surface area contributed by atoms with Crippen LogP contribution < -0.4 is 0 Å². The summed E-state index contributed by atoms with van der Waals surface area (Å²) in [4.78, 5) is 40.7. The molecule has 0 bridgehead atoms. The molecular formula is C24H17BrO4. The summed E-state index contributed by atoms with van der Waals surface area (Å²) in [5.74, 6) is -0.364. The first-order valence-electron chi connectivity index (χ1n) is 9.65. The molecule has 1 saturated carbocycles. The van der Waals surface area contributed by atoms with E-state index in [0.29, 0.717) is 27.6 Å². The Balaban J connectivity index is 1.73. The van der Waals surface area contributed by atoms with Crippen LogP contribution in [0, 0.1) is 19.3 Å². The lowest BCUT2D eigenvalue weighted by Gasteiger charge is -2.35. The van der Waals surface area contributed by atoms with Crippen molar-refractivity contribution in [1.82, 2.24) is 0 Å². The summed E-state index contributed by atoms with van der Waals surface area (Å²) in [6.07, 6.45) is 0.324. The molecule has 0 N–H and O–H groups in total. The molecule has 1 heterocycles. The number of ether oxygens (including phenoxy) is 1. The largest absolute Gasteiger partial charge is 0.343 e. The lowest BCUT2D eigenvalue weighted by Crippen LogP contribution is -2.52. The Labute approximate surface area is 176 Å². The lowest BCUT2D eigenvalue weighted by molar-refractivity contribution is 0.0482. The number of Topliss-reactive ketones (excluding diaryl/α,β-unsaturated/α-hetero) is 3. The van der Waals surface area contributed by atoms with E-state index in [1.807, 2.05) is 39.0 Å². The fourth-order valence-electron chi connectivity index (χ4n) is 6.00. The van der Waals surface area contributed by atoms with Crippen LogP contribution in [0.15, 0.2) is 46.5 Å². The van der Waals surface area contributed by atoms with E-state index < -0.39 is 16.6 Å². The SMILES string of the molecule is Cc1ccc2c(c1)C(=O)[C@]1(C)CC3=C(Br)C(=O)c4cccc(C)c4[C@]34O[C@]14C2=O. The summed E-state index contributed by atoms with van der Waals surface area (Å²) in [6.45, 7) is 5.65. The third-order valence-corrected chi connectivity index (χ3v) is 8.15. The molecule has 0 radical (unpaired) electrons. The first kappa shape index (κ1) is 17.5. The maximum atomic E-state index is 13.9. The van der Waals surface area contributed by atoms with E-state index in [0.717, 1.165) is 22.3 Å². The molecule has 29 heavy (non-hydrogen) atoms. The highest BCUT2D eigenvalue weighted by molar-refractivity contribution is 9.12. The number of carbonyl (C=O) groups is 3. The third kappa shape index (κ3) is 1.56. The Kier molecular flexibility index (Phi) is 2.92. The molecule has 3 aliphatic carbocycles. The highest BCUT2D eigenvalue weighted by Crippen LogP contribution is 2.79. The van der Waals surface area contributed by atoms with Crippen LogP contribution in [0.1, 0.15) is 61.1 Å². The van der Waals surface area contributed by atoms with Gasteiger partial charge in [-0.15, -0.1) is 0 Å². The maximum absolute atomic E-state index is 13.9. The van der Waals surface area contributed by atoms with Crippen LogP contribution in [-0.4, -0.2) is 23.0 Å². The molecule has 1 aliphatic heterocycles. The van der Waals surface area contributed by atoms with Gasteiger partial charge in [0.2, 0.25) is 0 Å². The van der Waals surface area contributed by atoms with Gasteiger partial charge in [0.15, 0.2) is 28.6 Å². The minimum absolute atomic E-state index is 0.0857. The molecule has 2 aromatic rings. The number of ketones is 3. The monoisotopic (exact) mass is 448 g/mol. The number of allylic oxidation sites excluding steroid dienone is 1. The van der Waals surface area contributed by atoms with Crippen molar-refractivity contribution in [2.45, 2.75) is 38.4 Å². The number of halogens is 1.